The van der Waals surface area contributed by atoms with Crippen LogP contribution in [0, 0.1) is 5.82 Å². The number of carboxylic acids is 1. The fourth-order valence-corrected chi connectivity index (χ4v) is 3.72. The van der Waals surface area contributed by atoms with Gasteiger partial charge in [0, 0.05) is 16.8 Å². The molecule has 1 saturated heterocycles. The molecule has 0 aliphatic carbocycles. The molecule has 0 amide bonds. The molecule has 2 aromatic carbocycles. The number of aliphatic hydroxyl groups is 3. The molecule has 1 aromatic heterocycles. The van der Waals surface area contributed by atoms with Crippen LogP contribution in [-0.2, 0) is 25.5 Å². The standard InChI is InChI=1S/C23H20ClFN2O8/c24-12-3-1-11(2-4-12)15-10-27(14-7-5-13(25)6-8-14)26-16(15)9-17(28)34-23-20(31)18(29)19(30)21(35-23)22(32)33/h1-8,10,18-21,23,29-31H,9H2,(H,32,33). The number of halogens is 2. The fourth-order valence-electron chi connectivity index (χ4n) is 3.59. The minimum Gasteiger partial charge on any atom is -0.479 e. The predicted molar refractivity (Wildman–Crippen MR) is 118 cm³/mol. The monoisotopic (exact) mass is 506 g/mol. The van der Waals surface area contributed by atoms with Crippen molar-refractivity contribution in [1.29, 1.82) is 0 Å². The van der Waals surface area contributed by atoms with Crippen molar-refractivity contribution in [2.75, 3.05) is 0 Å². The minimum atomic E-state index is -1.92. The summed E-state index contributed by atoms with van der Waals surface area (Å²) in [6.07, 6.45) is -8.24. The molecule has 5 unspecified atom stereocenters. The van der Waals surface area contributed by atoms with E-state index in [0.29, 0.717) is 21.8 Å². The maximum Gasteiger partial charge on any atom is 0.335 e. The average Bonchev–Trinajstić information content (AvgIpc) is 3.23. The van der Waals surface area contributed by atoms with Crippen molar-refractivity contribution in [2.24, 2.45) is 0 Å². The number of nitrogens with zero attached hydrogens (tertiary/aromatic N) is 2. The highest BCUT2D eigenvalue weighted by molar-refractivity contribution is 6.30. The van der Waals surface area contributed by atoms with Gasteiger partial charge in [0.1, 0.15) is 24.1 Å². The topological polar surface area (TPSA) is 151 Å². The van der Waals surface area contributed by atoms with Crippen LogP contribution in [0.5, 0.6) is 0 Å². The van der Waals surface area contributed by atoms with Crippen molar-refractivity contribution in [2.45, 2.75) is 37.1 Å². The highest BCUT2D eigenvalue weighted by Crippen LogP contribution is 2.28. The number of rotatable bonds is 6. The molecule has 12 heteroatoms. The van der Waals surface area contributed by atoms with Gasteiger partial charge in [0.2, 0.25) is 6.29 Å². The van der Waals surface area contributed by atoms with Crippen molar-refractivity contribution in [3.63, 3.8) is 0 Å². The van der Waals surface area contributed by atoms with Crippen LogP contribution < -0.4 is 0 Å². The number of ether oxygens (including phenoxy) is 2. The van der Waals surface area contributed by atoms with Gasteiger partial charge in [-0.1, -0.05) is 23.7 Å². The Hall–Kier alpha value is -3.35. The SMILES string of the molecule is O=C(Cc1nn(-c2ccc(F)cc2)cc1-c1ccc(Cl)cc1)OC1OC(C(=O)O)C(O)C(O)C1O. The Balaban J connectivity index is 1.59. The van der Waals surface area contributed by atoms with Gasteiger partial charge >= 0.3 is 11.9 Å². The predicted octanol–water partition coefficient (Wildman–Crippen LogP) is 1.31. The van der Waals surface area contributed by atoms with Crippen molar-refractivity contribution in [3.8, 4) is 16.8 Å². The molecule has 4 rings (SSSR count). The zero-order valence-corrected chi connectivity index (χ0v) is 18.6. The Bertz CT molecular complexity index is 1220. The van der Waals surface area contributed by atoms with Crippen molar-refractivity contribution in [1.82, 2.24) is 9.78 Å². The van der Waals surface area contributed by atoms with E-state index >= 15 is 0 Å². The second kappa shape index (κ2) is 10.1. The number of aromatic nitrogens is 2. The number of esters is 1. The van der Waals surface area contributed by atoms with Gasteiger partial charge in [-0.3, -0.25) is 4.79 Å². The van der Waals surface area contributed by atoms with E-state index in [1.54, 1.807) is 30.5 Å². The number of aliphatic hydroxyl groups excluding tert-OH is 3. The van der Waals surface area contributed by atoms with E-state index in [-0.39, 0.29) is 5.69 Å². The number of carbonyl (C=O) groups excluding carboxylic acids is 1. The third kappa shape index (κ3) is 5.34. The third-order valence-electron chi connectivity index (χ3n) is 5.41. The molecular weight excluding hydrogens is 487 g/mol. The third-order valence-corrected chi connectivity index (χ3v) is 5.66. The molecule has 35 heavy (non-hydrogen) atoms. The summed E-state index contributed by atoms with van der Waals surface area (Å²) >= 11 is 5.97. The first-order chi connectivity index (χ1) is 16.6. The Labute approximate surface area is 202 Å². The minimum absolute atomic E-state index is 0.252. The summed E-state index contributed by atoms with van der Waals surface area (Å²) in [6.45, 7) is 0. The normalized spacial score (nSPS) is 24.2. The van der Waals surface area contributed by atoms with Crippen LogP contribution in [0.1, 0.15) is 5.69 Å². The first-order valence-electron chi connectivity index (χ1n) is 10.4. The Morgan fingerprint density at radius 2 is 1.69 bits per heavy atom. The molecule has 1 aliphatic heterocycles. The lowest BCUT2D eigenvalue weighted by Gasteiger charge is -2.37. The summed E-state index contributed by atoms with van der Waals surface area (Å²) in [6, 6.07) is 12.2. The highest BCUT2D eigenvalue weighted by atomic mass is 35.5. The molecule has 1 aliphatic rings. The summed E-state index contributed by atoms with van der Waals surface area (Å²) < 4.78 is 24.9. The van der Waals surface area contributed by atoms with Gasteiger partial charge in [-0.05, 0) is 42.0 Å². The Morgan fingerprint density at radius 1 is 1.03 bits per heavy atom. The lowest BCUT2D eigenvalue weighted by molar-refractivity contribution is -0.286. The summed E-state index contributed by atoms with van der Waals surface area (Å²) in [5.41, 5.74) is 1.98. The molecule has 1 fully saturated rings. The smallest absolute Gasteiger partial charge is 0.335 e. The molecule has 3 aromatic rings. The second-order valence-corrected chi connectivity index (χ2v) is 8.26. The van der Waals surface area contributed by atoms with Crippen LogP contribution in [0.4, 0.5) is 4.39 Å². The molecule has 0 bridgehead atoms. The van der Waals surface area contributed by atoms with E-state index in [1.807, 2.05) is 0 Å². The van der Waals surface area contributed by atoms with Gasteiger partial charge in [0.15, 0.2) is 6.10 Å². The molecule has 0 spiro atoms. The zero-order valence-electron chi connectivity index (χ0n) is 17.9. The largest absolute Gasteiger partial charge is 0.479 e. The van der Waals surface area contributed by atoms with Gasteiger partial charge in [0.25, 0.3) is 0 Å². The maximum atomic E-state index is 13.3. The van der Waals surface area contributed by atoms with Crippen molar-refractivity contribution < 1.29 is 43.9 Å². The highest BCUT2D eigenvalue weighted by Gasteiger charge is 2.48. The van der Waals surface area contributed by atoms with Gasteiger partial charge in [-0.2, -0.15) is 5.10 Å². The first-order valence-corrected chi connectivity index (χ1v) is 10.7. The number of benzene rings is 2. The number of hydrogen-bond donors (Lipinski definition) is 4. The molecule has 4 N–H and O–H groups in total. The Kier molecular flexibility index (Phi) is 7.15. The second-order valence-electron chi connectivity index (χ2n) is 7.82. The van der Waals surface area contributed by atoms with Gasteiger partial charge in [0.05, 0.1) is 17.8 Å². The van der Waals surface area contributed by atoms with Crippen molar-refractivity contribution >= 4 is 23.5 Å². The Morgan fingerprint density at radius 3 is 2.31 bits per heavy atom. The van der Waals surface area contributed by atoms with Crippen LogP contribution in [0.25, 0.3) is 16.8 Å². The molecule has 0 saturated carbocycles. The lowest BCUT2D eigenvalue weighted by Crippen LogP contribution is -2.60. The van der Waals surface area contributed by atoms with Gasteiger partial charge in [-0.25, -0.2) is 13.9 Å². The summed E-state index contributed by atoms with van der Waals surface area (Å²) in [5, 5.41) is 43.8. The fraction of sp³-hybridized carbons (Fsp3) is 0.261. The van der Waals surface area contributed by atoms with Crippen LogP contribution >= 0.6 is 11.6 Å². The first kappa shape index (κ1) is 24.8. The number of hydrogen-bond acceptors (Lipinski definition) is 8. The van der Waals surface area contributed by atoms with E-state index < -0.39 is 54.9 Å². The van der Waals surface area contributed by atoms with Crippen LogP contribution in [-0.4, -0.2) is 72.9 Å². The zero-order chi connectivity index (χ0) is 25.3. The summed E-state index contributed by atoms with van der Waals surface area (Å²) in [5.74, 6) is -2.98. The molecule has 2 heterocycles. The molecule has 10 nitrogen and oxygen atoms in total. The van der Waals surface area contributed by atoms with E-state index in [9.17, 15) is 29.3 Å². The number of carboxylic acid groups (broad SMARTS) is 1. The van der Waals surface area contributed by atoms with Crippen LogP contribution in [0.2, 0.25) is 5.02 Å². The van der Waals surface area contributed by atoms with Crippen LogP contribution in [0.3, 0.4) is 0 Å². The number of aliphatic carboxylic acids is 1. The maximum absolute atomic E-state index is 13.3. The van der Waals surface area contributed by atoms with E-state index in [0.717, 1.165) is 0 Å². The summed E-state index contributed by atoms with van der Waals surface area (Å²) in [7, 11) is 0. The van der Waals surface area contributed by atoms with Gasteiger partial charge in [-0.15, -0.1) is 0 Å². The summed E-state index contributed by atoms with van der Waals surface area (Å²) in [4.78, 5) is 24.0. The van der Waals surface area contributed by atoms with E-state index in [1.165, 1.54) is 28.9 Å². The quantitative estimate of drug-likeness (QED) is 0.363. The number of carbonyl (C=O) groups is 2. The van der Waals surface area contributed by atoms with E-state index in [4.69, 9.17) is 26.2 Å². The molecule has 0 radical (unpaired) electrons. The van der Waals surface area contributed by atoms with E-state index in [2.05, 4.69) is 5.10 Å². The van der Waals surface area contributed by atoms with Crippen LogP contribution in [0.15, 0.2) is 54.7 Å². The molecule has 184 valence electrons. The average molecular weight is 507 g/mol. The molecular formula is C23H20ClFN2O8. The lowest BCUT2D eigenvalue weighted by atomic mass is 9.99. The van der Waals surface area contributed by atoms with Gasteiger partial charge < -0.3 is 29.9 Å². The molecule has 5 atom stereocenters. The van der Waals surface area contributed by atoms with Crippen molar-refractivity contribution in [3.05, 3.63) is 71.3 Å².